The van der Waals surface area contributed by atoms with Crippen LogP contribution in [0.2, 0.25) is 0 Å². The molecule has 0 aromatic carbocycles. The maximum atomic E-state index is 12.3. The molecule has 1 fully saturated rings. The van der Waals surface area contributed by atoms with E-state index in [0.29, 0.717) is 18.1 Å². The first-order chi connectivity index (χ1) is 10.6. The second kappa shape index (κ2) is 6.29. The smallest absolute Gasteiger partial charge is 0.224 e. The molecular formula is C15H22N6O. The predicted molar refractivity (Wildman–Crippen MR) is 84.5 cm³/mol. The molecule has 2 N–H and O–H groups in total. The lowest BCUT2D eigenvalue weighted by Crippen LogP contribution is -2.44. The van der Waals surface area contributed by atoms with Gasteiger partial charge in [0.05, 0.1) is 12.2 Å². The first kappa shape index (κ1) is 14.7. The van der Waals surface area contributed by atoms with E-state index in [-0.39, 0.29) is 11.8 Å². The van der Waals surface area contributed by atoms with Gasteiger partial charge in [0.15, 0.2) is 11.5 Å². The molecule has 1 amide bonds. The van der Waals surface area contributed by atoms with E-state index in [1.54, 1.807) is 6.33 Å². The van der Waals surface area contributed by atoms with Crippen LogP contribution in [-0.4, -0.2) is 45.5 Å². The van der Waals surface area contributed by atoms with Crippen molar-refractivity contribution >= 4 is 22.9 Å². The number of hydrogen-bond donors (Lipinski definition) is 2. The molecule has 3 rings (SSSR count). The normalized spacial score (nSPS) is 18.9. The van der Waals surface area contributed by atoms with E-state index in [9.17, 15) is 4.79 Å². The number of amides is 1. The second-order valence-corrected chi connectivity index (χ2v) is 6.22. The summed E-state index contributed by atoms with van der Waals surface area (Å²) in [5, 5.41) is 3.04. The fourth-order valence-electron chi connectivity index (χ4n) is 2.82. The summed E-state index contributed by atoms with van der Waals surface area (Å²) in [5.74, 6) is 1.47. The molecule has 2 aromatic rings. The van der Waals surface area contributed by atoms with Gasteiger partial charge in [-0.1, -0.05) is 13.8 Å². The van der Waals surface area contributed by atoms with Crippen LogP contribution in [0.5, 0.6) is 0 Å². The minimum Gasteiger partial charge on any atom is -0.356 e. The summed E-state index contributed by atoms with van der Waals surface area (Å²) >= 11 is 0. The number of aromatic nitrogens is 4. The van der Waals surface area contributed by atoms with Gasteiger partial charge >= 0.3 is 0 Å². The first-order valence-corrected chi connectivity index (χ1v) is 7.82. The van der Waals surface area contributed by atoms with E-state index in [2.05, 4.69) is 44.0 Å². The molecule has 3 heterocycles. The molecule has 118 valence electrons. The first-order valence-electron chi connectivity index (χ1n) is 7.82. The van der Waals surface area contributed by atoms with Crippen LogP contribution in [0.3, 0.4) is 0 Å². The van der Waals surface area contributed by atoms with E-state index in [1.165, 1.54) is 6.33 Å². The number of carbonyl (C=O) groups is 1. The maximum Gasteiger partial charge on any atom is 0.224 e. The van der Waals surface area contributed by atoms with E-state index in [1.807, 2.05) is 0 Å². The maximum absolute atomic E-state index is 12.3. The summed E-state index contributed by atoms with van der Waals surface area (Å²) in [6.45, 7) is 6.52. The van der Waals surface area contributed by atoms with Crippen molar-refractivity contribution in [3.8, 4) is 0 Å². The Morgan fingerprint density at radius 1 is 1.45 bits per heavy atom. The summed E-state index contributed by atoms with van der Waals surface area (Å²) in [6, 6.07) is 0. The Morgan fingerprint density at radius 2 is 2.32 bits per heavy atom. The van der Waals surface area contributed by atoms with Crippen LogP contribution in [0.1, 0.15) is 26.7 Å². The molecule has 1 aliphatic heterocycles. The monoisotopic (exact) mass is 302 g/mol. The Kier molecular flexibility index (Phi) is 4.22. The van der Waals surface area contributed by atoms with Crippen LogP contribution in [0, 0.1) is 11.8 Å². The number of rotatable bonds is 4. The molecule has 1 aliphatic rings. The number of piperidine rings is 1. The molecule has 0 bridgehead atoms. The van der Waals surface area contributed by atoms with Gasteiger partial charge in [-0.05, 0) is 18.8 Å². The molecule has 0 spiro atoms. The van der Waals surface area contributed by atoms with Crippen molar-refractivity contribution in [3.63, 3.8) is 0 Å². The van der Waals surface area contributed by atoms with Crippen molar-refractivity contribution in [1.82, 2.24) is 25.3 Å². The number of nitrogens with zero attached hydrogens (tertiary/aromatic N) is 4. The van der Waals surface area contributed by atoms with Crippen molar-refractivity contribution in [3.05, 3.63) is 12.7 Å². The Hall–Kier alpha value is -2.18. The molecule has 7 nitrogen and oxygen atoms in total. The van der Waals surface area contributed by atoms with Gasteiger partial charge in [0.1, 0.15) is 11.8 Å². The van der Waals surface area contributed by atoms with Crippen LogP contribution in [-0.2, 0) is 4.79 Å². The Labute approximate surface area is 129 Å². The van der Waals surface area contributed by atoms with Gasteiger partial charge in [-0.25, -0.2) is 15.0 Å². The number of carbonyl (C=O) groups excluding carboxylic acids is 1. The third-order valence-corrected chi connectivity index (χ3v) is 3.98. The van der Waals surface area contributed by atoms with Crippen LogP contribution in [0.25, 0.3) is 11.2 Å². The highest BCUT2D eigenvalue weighted by atomic mass is 16.1. The van der Waals surface area contributed by atoms with E-state index in [0.717, 1.165) is 37.3 Å². The largest absolute Gasteiger partial charge is 0.356 e. The third kappa shape index (κ3) is 3.03. The van der Waals surface area contributed by atoms with Crippen LogP contribution >= 0.6 is 0 Å². The Balaban J connectivity index is 1.73. The molecule has 0 saturated carbocycles. The SMILES string of the molecule is CC(C)CNC(=O)[C@@H]1CCCN(c2ncnc3nc[nH]c23)C1. The number of aromatic amines is 1. The molecule has 7 heteroatoms. The summed E-state index contributed by atoms with van der Waals surface area (Å²) < 4.78 is 0. The average Bonchev–Trinajstić information content (AvgIpc) is 3.01. The quantitative estimate of drug-likeness (QED) is 0.890. The third-order valence-electron chi connectivity index (χ3n) is 3.98. The number of imidazole rings is 1. The van der Waals surface area contributed by atoms with Crippen LogP contribution in [0.4, 0.5) is 5.82 Å². The minimum absolute atomic E-state index is 0.0143. The molecule has 1 saturated heterocycles. The van der Waals surface area contributed by atoms with Gasteiger partial charge in [0.25, 0.3) is 0 Å². The Bertz CT molecular complexity index is 652. The lowest BCUT2D eigenvalue weighted by molar-refractivity contribution is -0.125. The summed E-state index contributed by atoms with van der Waals surface area (Å²) in [7, 11) is 0. The van der Waals surface area contributed by atoms with E-state index >= 15 is 0 Å². The number of hydrogen-bond acceptors (Lipinski definition) is 5. The molecule has 2 aromatic heterocycles. The predicted octanol–water partition coefficient (Wildman–Crippen LogP) is 1.34. The van der Waals surface area contributed by atoms with Gasteiger partial charge in [0.2, 0.25) is 5.91 Å². The molecular weight excluding hydrogens is 280 g/mol. The highest BCUT2D eigenvalue weighted by molar-refractivity contribution is 5.84. The zero-order valence-electron chi connectivity index (χ0n) is 13.0. The molecule has 0 aliphatic carbocycles. The van der Waals surface area contributed by atoms with Crippen molar-refractivity contribution in [2.24, 2.45) is 11.8 Å². The standard InChI is InChI=1S/C15H22N6O/c1-10(2)6-16-15(22)11-4-3-5-21(7-11)14-12-13(18-8-17-12)19-9-20-14/h8-11H,3-7H2,1-2H3,(H,16,22)(H,17,18,19,20)/t11-/m1/s1. The zero-order valence-corrected chi connectivity index (χ0v) is 13.0. The lowest BCUT2D eigenvalue weighted by atomic mass is 9.97. The molecule has 0 unspecified atom stereocenters. The minimum atomic E-state index is 0.0143. The average molecular weight is 302 g/mol. The van der Waals surface area contributed by atoms with Crippen LogP contribution < -0.4 is 10.2 Å². The van der Waals surface area contributed by atoms with E-state index in [4.69, 9.17) is 0 Å². The summed E-state index contributed by atoms with van der Waals surface area (Å²) in [6.07, 6.45) is 5.07. The number of anilines is 1. The van der Waals surface area contributed by atoms with Gasteiger partial charge < -0.3 is 15.2 Å². The Morgan fingerprint density at radius 3 is 3.14 bits per heavy atom. The van der Waals surface area contributed by atoms with E-state index < -0.39 is 0 Å². The van der Waals surface area contributed by atoms with Gasteiger partial charge in [-0.3, -0.25) is 4.79 Å². The van der Waals surface area contributed by atoms with Gasteiger partial charge in [-0.15, -0.1) is 0 Å². The van der Waals surface area contributed by atoms with Gasteiger partial charge in [-0.2, -0.15) is 0 Å². The highest BCUT2D eigenvalue weighted by Crippen LogP contribution is 2.25. The van der Waals surface area contributed by atoms with Crippen molar-refractivity contribution < 1.29 is 4.79 Å². The molecule has 22 heavy (non-hydrogen) atoms. The van der Waals surface area contributed by atoms with Crippen molar-refractivity contribution in [2.45, 2.75) is 26.7 Å². The second-order valence-electron chi connectivity index (χ2n) is 6.22. The number of fused-ring (bicyclic) bond motifs is 1. The molecule has 0 radical (unpaired) electrons. The lowest BCUT2D eigenvalue weighted by Gasteiger charge is -2.33. The number of nitrogens with one attached hydrogen (secondary N) is 2. The number of H-pyrrole nitrogens is 1. The topological polar surface area (TPSA) is 86.8 Å². The fourth-order valence-corrected chi connectivity index (χ4v) is 2.82. The van der Waals surface area contributed by atoms with Crippen molar-refractivity contribution in [2.75, 3.05) is 24.5 Å². The zero-order chi connectivity index (χ0) is 15.5. The van der Waals surface area contributed by atoms with Crippen LogP contribution in [0.15, 0.2) is 12.7 Å². The van der Waals surface area contributed by atoms with Crippen molar-refractivity contribution in [1.29, 1.82) is 0 Å². The summed E-state index contributed by atoms with van der Waals surface area (Å²) in [4.78, 5) is 30.2. The van der Waals surface area contributed by atoms with Gasteiger partial charge in [0, 0.05) is 19.6 Å². The highest BCUT2D eigenvalue weighted by Gasteiger charge is 2.27. The molecule has 1 atom stereocenters. The summed E-state index contributed by atoms with van der Waals surface area (Å²) in [5.41, 5.74) is 1.50. The fraction of sp³-hybridized carbons (Fsp3) is 0.600.